The van der Waals surface area contributed by atoms with E-state index >= 15 is 0 Å². The summed E-state index contributed by atoms with van der Waals surface area (Å²) in [5, 5.41) is 7.88. The van der Waals surface area contributed by atoms with Gasteiger partial charge in [0.2, 0.25) is 0 Å². The SMILES string of the molecule is CCSC1CCC(NC2C[C@H](C)Sc3sccc32)C1. The molecule has 1 aliphatic heterocycles. The predicted molar refractivity (Wildman–Crippen MR) is 89.7 cm³/mol. The summed E-state index contributed by atoms with van der Waals surface area (Å²) >= 11 is 6.13. The number of thiophene rings is 1. The summed E-state index contributed by atoms with van der Waals surface area (Å²) in [4.78, 5) is 0. The van der Waals surface area contributed by atoms with Crippen molar-refractivity contribution in [2.24, 2.45) is 0 Å². The van der Waals surface area contributed by atoms with Crippen LogP contribution in [-0.4, -0.2) is 22.3 Å². The van der Waals surface area contributed by atoms with Crippen molar-refractivity contribution in [2.45, 2.75) is 66.3 Å². The molecule has 19 heavy (non-hydrogen) atoms. The van der Waals surface area contributed by atoms with E-state index in [2.05, 4.69) is 54.1 Å². The van der Waals surface area contributed by atoms with Crippen LogP contribution in [-0.2, 0) is 0 Å². The molecule has 1 N–H and O–H groups in total. The molecule has 1 saturated carbocycles. The van der Waals surface area contributed by atoms with Crippen LogP contribution in [0.25, 0.3) is 0 Å². The summed E-state index contributed by atoms with van der Waals surface area (Å²) in [6, 6.07) is 3.69. The maximum atomic E-state index is 3.96. The Morgan fingerprint density at radius 1 is 1.37 bits per heavy atom. The van der Waals surface area contributed by atoms with Crippen LogP contribution in [0.3, 0.4) is 0 Å². The Balaban J connectivity index is 1.62. The van der Waals surface area contributed by atoms with Gasteiger partial charge in [-0.25, -0.2) is 0 Å². The van der Waals surface area contributed by atoms with Gasteiger partial charge in [-0.1, -0.05) is 13.8 Å². The summed E-state index contributed by atoms with van der Waals surface area (Å²) in [6.45, 7) is 4.65. The highest BCUT2D eigenvalue weighted by Crippen LogP contribution is 2.44. The van der Waals surface area contributed by atoms with Gasteiger partial charge in [0, 0.05) is 22.6 Å². The van der Waals surface area contributed by atoms with E-state index in [-0.39, 0.29) is 0 Å². The number of fused-ring (bicyclic) bond motifs is 1. The molecule has 0 radical (unpaired) electrons. The number of thioether (sulfide) groups is 2. The number of rotatable bonds is 4. The van der Waals surface area contributed by atoms with Crippen LogP contribution in [0.4, 0.5) is 0 Å². The molecule has 3 rings (SSSR count). The van der Waals surface area contributed by atoms with Gasteiger partial charge in [-0.3, -0.25) is 0 Å². The van der Waals surface area contributed by atoms with Crippen molar-refractivity contribution < 1.29 is 0 Å². The van der Waals surface area contributed by atoms with E-state index in [9.17, 15) is 0 Å². The topological polar surface area (TPSA) is 12.0 Å². The zero-order valence-corrected chi connectivity index (χ0v) is 14.2. The maximum Gasteiger partial charge on any atom is 0.0649 e. The fourth-order valence-corrected chi connectivity index (χ4v) is 6.98. The van der Waals surface area contributed by atoms with Gasteiger partial charge in [0.1, 0.15) is 0 Å². The highest BCUT2D eigenvalue weighted by atomic mass is 32.2. The van der Waals surface area contributed by atoms with Crippen LogP contribution in [0.5, 0.6) is 0 Å². The second-order valence-corrected chi connectivity index (χ2v) is 9.83. The Morgan fingerprint density at radius 3 is 3.11 bits per heavy atom. The van der Waals surface area contributed by atoms with E-state index in [1.54, 1.807) is 9.77 Å². The van der Waals surface area contributed by atoms with Gasteiger partial charge >= 0.3 is 0 Å². The van der Waals surface area contributed by atoms with Crippen LogP contribution in [0.1, 0.15) is 51.1 Å². The summed E-state index contributed by atoms with van der Waals surface area (Å²) in [5.74, 6) is 1.27. The number of nitrogens with one attached hydrogen (secondary N) is 1. The Morgan fingerprint density at radius 2 is 2.26 bits per heavy atom. The van der Waals surface area contributed by atoms with Gasteiger partial charge in [-0.2, -0.15) is 11.8 Å². The molecule has 1 aliphatic carbocycles. The van der Waals surface area contributed by atoms with Crippen LogP contribution < -0.4 is 5.32 Å². The Labute approximate surface area is 129 Å². The van der Waals surface area contributed by atoms with E-state index in [4.69, 9.17) is 0 Å². The molecule has 4 atom stereocenters. The van der Waals surface area contributed by atoms with Crippen molar-refractivity contribution >= 4 is 34.9 Å². The largest absolute Gasteiger partial charge is 0.307 e. The molecule has 1 fully saturated rings. The lowest BCUT2D eigenvalue weighted by Gasteiger charge is -2.30. The van der Waals surface area contributed by atoms with E-state index in [1.165, 1.54) is 31.4 Å². The molecule has 2 aliphatic rings. The predicted octanol–water partition coefficient (Wildman–Crippen LogP) is 4.94. The monoisotopic (exact) mass is 313 g/mol. The second-order valence-electron chi connectivity index (χ2n) is 5.63. The lowest BCUT2D eigenvalue weighted by Crippen LogP contribution is -2.34. The Hall–Kier alpha value is 0.360. The van der Waals surface area contributed by atoms with Gasteiger partial charge in [0.25, 0.3) is 0 Å². The summed E-state index contributed by atoms with van der Waals surface area (Å²) in [6.07, 6.45) is 5.44. The zero-order valence-electron chi connectivity index (χ0n) is 11.7. The molecule has 1 aromatic heterocycles. The summed E-state index contributed by atoms with van der Waals surface area (Å²) < 4.78 is 1.55. The molecule has 0 aromatic carbocycles. The van der Waals surface area contributed by atoms with E-state index in [1.807, 2.05) is 11.3 Å². The van der Waals surface area contributed by atoms with Gasteiger partial charge in [-0.15, -0.1) is 23.1 Å². The minimum atomic E-state index is 0.605. The highest BCUT2D eigenvalue weighted by molar-refractivity contribution is 8.01. The van der Waals surface area contributed by atoms with Crippen molar-refractivity contribution in [3.63, 3.8) is 0 Å². The third-order valence-electron chi connectivity index (χ3n) is 4.13. The fraction of sp³-hybridized carbons (Fsp3) is 0.733. The first kappa shape index (κ1) is 14.3. The molecular weight excluding hydrogens is 290 g/mol. The molecule has 2 heterocycles. The molecule has 1 aromatic rings. The maximum absolute atomic E-state index is 3.96. The molecule has 4 heteroatoms. The second kappa shape index (κ2) is 6.42. The number of hydrogen-bond donors (Lipinski definition) is 1. The highest BCUT2D eigenvalue weighted by Gasteiger charge is 2.31. The summed E-state index contributed by atoms with van der Waals surface area (Å²) in [7, 11) is 0. The van der Waals surface area contributed by atoms with Gasteiger partial charge in [-0.05, 0) is 48.4 Å². The van der Waals surface area contributed by atoms with Crippen LogP contribution in [0.15, 0.2) is 15.7 Å². The lowest BCUT2D eigenvalue weighted by molar-refractivity contribution is 0.414. The molecule has 3 unspecified atom stereocenters. The van der Waals surface area contributed by atoms with E-state index in [0.717, 1.165) is 16.5 Å². The number of hydrogen-bond acceptors (Lipinski definition) is 4. The molecule has 0 amide bonds. The molecular formula is C15H23NS3. The quantitative estimate of drug-likeness (QED) is 0.846. The summed E-state index contributed by atoms with van der Waals surface area (Å²) in [5.41, 5.74) is 1.57. The van der Waals surface area contributed by atoms with Crippen molar-refractivity contribution in [3.05, 3.63) is 17.0 Å². The van der Waals surface area contributed by atoms with Crippen molar-refractivity contribution in [2.75, 3.05) is 5.75 Å². The van der Waals surface area contributed by atoms with Crippen LogP contribution in [0.2, 0.25) is 0 Å². The van der Waals surface area contributed by atoms with Gasteiger partial charge < -0.3 is 5.32 Å². The van der Waals surface area contributed by atoms with E-state index < -0.39 is 0 Å². The lowest BCUT2D eigenvalue weighted by atomic mass is 10.0. The minimum Gasteiger partial charge on any atom is -0.307 e. The van der Waals surface area contributed by atoms with Gasteiger partial charge in [0.15, 0.2) is 0 Å². The molecule has 1 nitrogen and oxygen atoms in total. The van der Waals surface area contributed by atoms with Crippen molar-refractivity contribution in [1.29, 1.82) is 0 Å². The smallest absolute Gasteiger partial charge is 0.0649 e. The van der Waals surface area contributed by atoms with Gasteiger partial charge in [0.05, 0.1) is 4.21 Å². The third-order valence-corrected chi connectivity index (χ3v) is 7.71. The molecule has 0 saturated heterocycles. The Kier molecular flexibility index (Phi) is 4.83. The van der Waals surface area contributed by atoms with E-state index in [0.29, 0.717) is 6.04 Å². The molecule has 0 spiro atoms. The third kappa shape index (κ3) is 3.34. The molecule has 106 valence electrons. The zero-order chi connectivity index (χ0) is 13.2. The standard InChI is InChI=1S/C15H23NS3/c1-3-17-12-5-4-11(9-12)16-14-8-10(2)19-15-13(14)6-7-18-15/h6-7,10-12,14,16H,3-5,8-9H2,1-2H3/t10-,11?,12?,14?/m0/s1. The fourth-order valence-electron chi connectivity index (χ4n) is 3.27. The average Bonchev–Trinajstić information content (AvgIpc) is 2.98. The van der Waals surface area contributed by atoms with Crippen LogP contribution in [0, 0.1) is 0 Å². The first-order chi connectivity index (χ1) is 9.26. The average molecular weight is 314 g/mol. The first-order valence-electron chi connectivity index (χ1n) is 7.38. The normalized spacial score (nSPS) is 34.4. The first-order valence-corrected chi connectivity index (χ1v) is 10.2. The van der Waals surface area contributed by atoms with Crippen LogP contribution >= 0.6 is 34.9 Å². The molecule has 0 bridgehead atoms. The Bertz CT molecular complexity index is 417. The van der Waals surface area contributed by atoms with Crippen molar-refractivity contribution in [1.82, 2.24) is 5.32 Å². The van der Waals surface area contributed by atoms with Crippen molar-refractivity contribution in [3.8, 4) is 0 Å². The minimum absolute atomic E-state index is 0.605.